The zero-order valence-corrected chi connectivity index (χ0v) is 14.8. The Morgan fingerprint density at radius 3 is 2.43 bits per heavy atom. The lowest BCUT2D eigenvalue weighted by atomic mass is 9.96. The molecule has 0 radical (unpaired) electrons. The maximum absolute atomic E-state index is 12.6. The van der Waals surface area contributed by atoms with Gasteiger partial charge >= 0.3 is 24.1 Å². The zero-order chi connectivity index (χ0) is 20.1. The van der Waals surface area contributed by atoms with E-state index in [1.165, 1.54) is 0 Å². The van der Waals surface area contributed by atoms with Crippen LogP contribution in [0.15, 0.2) is 24.3 Å². The highest BCUT2D eigenvalue weighted by Crippen LogP contribution is 2.49. The molecule has 2 aliphatic heterocycles. The van der Waals surface area contributed by atoms with Gasteiger partial charge in [-0.3, -0.25) is 9.69 Å². The van der Waals surface area contributed by atoms with Gasteiger partial charge in [-0.15, -0.1) is 0 Å². The average Bonchev–Trinajstić information content (AvgIpc) is 3.41. The van der Waals surface area contributed by atoms with Crippen LogP contribution in [0.2, 0.25) is 0 Å². The van der Waals surface area contributed by atoms with Crippen molar-refractivity contribution in [1.29, 1.82) is 0 Å². The van der Waals surface area contributed by atoms with Gasteiger partial charge in [0.15, 0.2) is 0 Å². The molecule has 0 spiro atoms. The Hall–Kier alpha value is -2.62. The first-order valence-corrected chi connectivity index (χ1v) is 8.95. The van der Waals surface area contributed by atoms with Crippen molar-refractivity contribution in [2.75, 3.05) is 31.1 Å². The number of nitrogens with one attached hydrogen (secondary N) is 1. The van der Waals surface area contributed by atoms with Crippen LogP contribution in [0.1, 0.15) is 18.4 Å². The summed E-state index contributed by atoms with van der Waals surface area (Å²) >= 11 is 0. The number of fused-ring (bicyclic) bond motifs is 1. The average molecular weight is 397 g/mol. The predicted octanol–water partition coefficient (Wildman–Crippen LogP) is 1.56. The molecule has 2 heterocycles. The Morgan fingerprint density at radius 1 is 1.18 bits per heavy atom. The number of esters is 2. The lowest BCUT2D eigenvalue weighted by molar-refractivity contribution is -0.202. The van der Waals surface area contributed by atoms with E-state index in [1.807, 2.05) is 4.90 Å². The molecule has 1 saturated carbocycles. The molecule has 1 aromatic carbocycles. The lowest BCUT2D eigenvalue weighted by Gasteiger charge is -2.28. The fourth-order valence-corrected chi connectivity index (χ4v) is 3.77. The Kier molecular flexibility index (Phi) is 4.33. The van der Waals surface area contributed by atoms with Crippen LogP contribution in [0.4, 0.5) is 23.7 Å². The van der Waals surface area contributed by atoms with Crippen LogP contribution in [0.3, 0.4) is 0 Å². The number of hydrogen-bond donors (Lipinski definition) is 1. The molecule has 1 atom stereocenters. The highest BCUT2D eigenvalue weighted by atomic mass is 19.4. The SMILES string of the molecule is O=C1N(c2ccc(C3(C(=O)OC(=O)C(F)(F)F)CC3)cc2)C[C@@H]2CNCCN12. The molecule has 4 rings (SSSR count). The summed E-state index contributed by atoms with van der Waals surface area (Å²) in [5.74, 6) is -3.70. The molecule has 1 N–H and O–H groups in total. The molecular formula is C18H18F3N3O4. The van der Waals surface area contributed by atoms with Crippen molar-refractivity contribution in [3.8, 4) is 0 Å². The molecule has 1 aromatic rings. The normalized spacial score (nSPS) is 23.4. The largest absolute Gasteiger partial charge is 0.491 e. The number of nitrogens with zero attached hydrogens (tertiary/aromatic N) is 2. The number of alkyl halides is 3. The number of halogens is 3. The molecule has 10 heteroatoms. The third kappa shape index (κ3) is 3.11. The molecule has 28 heavy (non-hydrogen) atoms. The first-order chi connectivity index (χ1) is 13.2. The monoisotopic (exact) mass is 397 g/mol. The molecule has 150 valence electrons. The van der Waals surface area contributed by atoms with Gasteiger partial charge in [-0.25, -0.2) is 9.59 Å². The minimum Gasteiger partial charge on any atom is -0.386 e. The summed E-state index contributed by atoms with van der Waals surface area (Å²) in [7, 11) is 0. The Balaban J connectivity index is 1.48. The number of rotatable bonds is 3. The topological polar surface area (TPSA) is 78.9 Å². The minimum absolute atomic E-state index is 0.0874. The molecule has 1 aliphatic carbocycles. The van der Waals surface area contributed by atoms with Gasteiger partial charge in [-0.1, -0.05) is 12.1 Å². The summed E-state index contributed by atoms with van der Waals surface area (Å²) in [5.41, 5.74) is -0.100. The number of anilines is 1. The van der Waals surface area contributed by atoms with Crippen LogP contribution in [-0.4, -0.2) is 61.3 Å². The van der Waals surface area contributed by atoms with Gasteiger partial charge in [0.25, 0.3) is 0 Å². The van der Waals surface area contributed by atoms with Crippen LogP contribution in [0.25, 0.3) is 0 Å². The minimum atomic E-state index is -5.22. The number of benzene rings is 1. The molecule has 0 aromatic heterocycles. The third-order valence-corrected chi connectivity index (χ3v) is 5.51. The van der Waals surface area contributed by atoms with Gasteiger partial charge in [0.2, 0.25) is 0 Å². The standard InChI is InChI=1S/C18H18F3N3O4/c19-18(20,21)15(26)28-14(25)17(5-6-17)11-1-3-12(4-2-11)24-10-13-9-22-7-8-23(13)16(24)27/h1-4,13,22H,5-10H2/t13-/m0/s1. The molecule has 3 aliphatic rings. The van der Waals surface area contributed by atoms with Crippen LogP contribution in [0, 0.1) is 0 Å². The first kappa shape index (κ1) is 18.7. The maximum atomic E-state index is 12.6. The van der Waals surface area contributed by atoms with Gasteiger partial charge in [-0.2, -0.15) is 13.2 Å². The smallest absolute Gasteiger partial charge is 0.386 e. The van der Waals surface area contributed by atoms with Crippen molar-refractivity contribution in [2.45, 2.75) is 30.5 Å². The quantitative estimate of drug-likeness (QED) is 0.619. The lowest BCUT2D eigenvalue weighted by Crippen LogP contribution is -2.49. The van der Waals surface area contributed by atoms with Crippen molar-refractivity contribution < 1.29 is 32.3 Å². The second kappa shape index (κ2) is 6.47. The molecule has 3 fully saturated rings. The van der Waals surface area contributed by atoms with E-state index in [0.717, 1.165) is 13.1 Å². The van der Waals surface area contributed by atoms with E-state index in [2.05, 4.69) is 10.1 Å². The van der Waals surface area contributed by atoms with E-state index < -0.39 is 23.5 Å². The van der Waals surface area contributed by atoms with E-state index in [-0.39, 0.29) is 12.1 Å². The third-order valence-electron chi connectivity index (χ3n) is 5.51. The predicted molar refractivity (Wildman–Crippen MR) is 90.6 cm³/mol. The van der Waals surface area contributed by atoms with E-state index in [9.17, 15) is 27.6 Å². The first-order valence-electron chi connectivity index (χ1n) is 8.95. The number of carbonyl (C=O) groups is 3. The fraction of sp³-hybridized carbons (Fsp3) is 0.500. The van der Waals surface area contributed by atoms with Crippen LogP contribution in [0.5, 0.6) is 0 Å². The highest BCUT2D eigenvalue weighted by molar-refractivity contribution is 5.97. The van der Waals surface area contributed by atoms with Gasteiger partial charge in [0.1, 0.15) is 0 Å². The van der Waals surface area contributed by atoms with Crippen molar-refractivity contribution in [3.05, 3.63) is 29.8 Å². The van der Waals surface area contributed by atoms with E-state index in [4.69, 9.17) is 0 Å². The van der Waals surface area contributed by atoms with Gasteiger partial charge < -0.3 is 15.0 Å². The number of amides is 2. The molecule has 2 saturated heterocycles. The van der Waals surface area contributed by atoms with Gasteiger partial charge in [-0.05, 0) is 30.5 Å². The van der Waals surface area contributed by atoms with Crippen LogP contribution >= 0.6 is 0 Å². The number of hydrogen-bond acceptors (Lipinski definition) is 5. The van der Waals surface area contributed by atoms with E-state index >= 15 is 0 Å². The number of urea groups is 1. The van der Waals surface area contributed by atoms with Crippen molar-refractivity contribution >= 4 is 23.7 Å². The highest BCUT2D eigenvalue weighted by Gasteiger charge is 2.55. The summed E-state index contributed by atoms with van der Waals surface area (Å²) in [6, 6.07) is 6.54. The number of piperazine rings is 1. The fourth-order valence-electron chi connectivity index (χ4n) is 3.77. The molecule has 0 bridgehead atoms. The Labute approximate surface area is 158 Å². The second-order valence-corrected chi connectivity index (χ2v) is 7.25. The maximum Gasteiger partial charge on any atom is 0.491 e. The number of ether oxygens (including phenoxy) is 1. The van der Waals surface area contributed by atoms with Crippen LogP contribution < -0.4 is 10.2 Å². The Morgan fingerprint density at radius 2 is 1.86 bits per heavy atom. The van der Waals surface area contributed by atoms with Crippen LogP contribution in [-0.2, 0) is 19.7 Å². The summed E-state index contributed by atoms with van der Waals surface area (Å²) in [5, 5.41) is 3.25. The molecule has 2 amide bonds. The summed E-state index contributed by atoms with van der Waals surface area (Å²) in [4.78, 5) is 39.1. The van der Waals surface area contributed by atoms with Crippen molar-refractivity contribution in [2.24, 2.45) is 0 Å². The van der Waals surface area contributed by atoms with E-state index in [0.29, 0.717) is 37.2 Å². The van der Waals surface area contributed by atoms with Crippen molar-refractivity contribution in [1.82, 2.24) is 10.2 Å². The molecule has 0 unspecified atom stereocenters. The van der Waals surface area contributed by atoms with E-state index in [1.54, 1.807) is 29.2 Å². The summed E-state index contributed by atoms with van der Waals surface area (Å²) < 4.78 is 41.0. The summed E-state index contributed by atoms with van der Waals surface area (Å²) in [6.07, 6.45) is -4.60. The number of carbonyl (C=O) groups excluding carboxylic acids is 3. The van der Waals surface area contributed by atoms with Gasteiger partial charge in [0, 0.05) is 31.9 Å². The molecular weight excluding hydrogens is 379 g/mol. The van der Waals surface area contributed by atoms with Gasteiger partial charge in [0.05, 0.1) is 11.5 Å². The van der Waals surface area contributed by atoms with Crippen molar-refractivity contribution in [3.63, 3.8) is 0 Å². The second-order valence-electron chi connectivity index (χ2n) is 7.25. The molecule has 7 nitrogen and oxygen atoms in total. The Bertz CT molecular complexity index is 820. The zero-order valence-electron chi connectivity index (χ0n) is 14.8. The summed E-state index contributed by atoms with van der Waals surface area (Å²) in [6.45, 7) is 2.65.